The van der Waals surface area contributed by atoms with Crippen molar-refractivity contribution < 1.29 is 9.59 Å². The molecule has 3 amide bonds. The van der Waals surface area contributed by atoms with E-state index in [1.54, 1.807) is 0 Å². The molecule has 4 unspecified atom stereocenters. The van der Waals surface area contributed by atoms with Crippen molar-refractivity contribution in [3.8, 4) is 0 Å². The van der Waals surface area contributed by atoms with E-state index in [1.807, 2.05) is 6.92 Å². The number of nitrogen functional groups attached to an aromatic ring is 2. The number of nitrogens with one attached hydrogen (secondary N) is 2. The molecule has 9 heteroatoms. The van der Waals surface area contributed by atoms with Crippen LogP contribution in [0, 0.1) is 17.8 Å². The molecule has 2 fully saturated rings. The van der Waals surface area contributed by atoms with Crippen molar-refractivity contribution in [3.63, 3.8) is 0 Å². The van der Waals surface area contributed by atoms with Crippen LogP contribution in [0.1, 0.15) is 32.6 Å². The summed E-state index contributed by atoms with van der Waals surface area (Å²) in [6.45, 7) is 2.02. The summed E-state index contributed by atoms with van der Waals surface area (Å²) in [5, 5.41) is 5.56. The Morgan fingerprint density at radius 2 is 2.00 bits per heavy atom. The fourth-order valence-corrected chi connectivity index (χ4v) is 4.75. The lowest BCUT2D eigenvalue weighted by Gasteiger charge is -2.28. The van der Waals surface area contributed by atoms with E-state index in [1.165, 1.54) is 31.7 Å². The molecule has 1 heterocycles. The maximum absolute atomic E-state index is 12.0. The molecule has 4 atom stereocenters. The van der Waals surface area contributed by atoms with E-state index < -0.39 is 11.9 Å². The zero-order valence-corrected chi connectivity index (χ0v) is 15.0. The summed E-state index contributed by atoms with van der Waals surface area (Å²) in [5.74, 6) is 2.16. The molecule has 2 bridgehead atoms. The van der Waals surface area contributed by atoms with E-state index in [9.17, 15) is 9.59 Å². The van der Waals surface area contributed by atoms with Crippen LogP contribution in [0.25, 0.3) is 0 Å². The zero-order valence-electron chi connectivity index (χ0n) is 14.2. The maximum Gasteiger partial charge on any atom is 0.321 e. The van der Waals surface area contributed by atoms with Gasteiger partial charge in [-0.1, -0.05) is 18.2 Å². The monoisotopic (exact) mass is 364 g/mol. The Balaban J connectivity index is 1.42. The molecule has 0 radical (unpaired) electrons. The Kier molecular flexibility index (Phi) is 5.31. The summed E-state index contributed by atoms with van der Waals surface area (Å²) in [6, 6.07) is 1.07. The second-order valence-corrected chi connectivity index (χ2v) is 7.88. The van der Waals surface area contributed by atoms with Crippen molar-refractivity contribution in [2.45, 2.75) is 43.8 Å². The van der Waals surface area contributed by atoms with Crippen molar-refractivity contribution in [2.24, 2.45) is 17.8 Å². The molecule has 3 rings (SSSR count). The van der Waals surface area contributed by atoms with Crippen LogP contribution in [0.3, 0.4) is 0 Å². The molecule has 25 heavy (non-hydrogen) atoms. The van der Waals surface area contributed by atoms with Gasteiger partial charge in [-0.25, -0.2) is 14.8 Å². The second-order valence-electron chi connectivity index (χ2n) is 6.94. The fourth-order valence-electron chi connectivity index (χ4n) is 4.08. The molecule has 2 saturated carbocycles. The summed E-state index contributed by atoms with van der Waals surface area (Å²) in [4.78, 5) is 31.9. The van der Waals surface area contributed by atoms with Crippen LogP contribution in [0.5, 0.6) is 0 Å². The van der Waals surface area contributed by atoms with Gasteiger partial charge >= 0.3 is 6.03 Å². The number of carbonyl (C=O) groups excluding carboxylic acids is 2. The molecule has 136 valence electrons. The number of hydrogen-bond acceptors (Lipinski definition) is 7. The first kappa shape index (κ1) is 17.8. The van der Waals surface area contributed by atoms with Gasteiger partial charge in [0.05, 0.1) is 5.75 Å². The van der Waals surface area contributed by atoms with Crippen molar-refractivity contribution in [1.29, 1.82) is 0 Å². The van der Waals surface area contributed by atoms with E-state index in [0.29, 0.717) is 11.1 Å². The first-order valence-corrected chi connectivity index (χ1v) is 9.52. The number of thioether (sulfide) groups is 1. The minimum atomic E-state index is -0.450. The van der Waals surface area contributed by atoms with Crippen molar-refractivity contribution in [1.82, 2.24) is 20.6 Å². The average Bonchev–Trinajstić information content (AvgIpc) is 3.15. The third kappa shape index (κ3) is 4.53. The lowest BCUT2D eigenvalue weighted by Crippen LogP contribution is -2.47. The van der Waals surface area contributed by atoms with Crippen molar-refractivity contribution in [2.75, 3.05) is 17.2 Å². The van der Waals surface area contributed by atoms with Gasteiger partial charge in [0.1, 0.15) is 11.6 Å². The molecule has 0 spiro atoms. The number of imide groups is 1. The topological polar surface area (TPSA) is 136 Å². The smallest absolute Gasteiger partial charge is 0.321 e. The second kappa shape index (κ2) is 7.47. The van der Waals surface area contributed by atoms with Gasteiger partial charge in [0.25, 0.3) is 0 Å². The van der Waals surface area contributed by atoms with E-state index in [2.05, 4.69) is 20.6 Å². The number of urea groups is 1. The number of hydrogen-bond donors (Lipinski definition) is 4. The average molecular weight is 364 g/mol. The number of rotatable bonds is 5. The molecule has 0 saturated heterocycles. The first-order chi connectivity index (χ1) is 11.9. The molecule has 1 aromatic rings. The predicted octanol–water partition coefficient (Wildman–Crippen LogP) is 1.38. The van der Waals surface area contributed by atoms with Crippen LogP contribution in [-0.2, 0) is 4.79 Å². The maximum atomic E-state index is 12.0. The van der Waals surface area contributed by atoms with Crippen LogP contribution in [0.15, 0.2) is 11.2 Å². The summed E-state index contributed by atoms with van der Waals surface area (Å²) in [5.41, 5.74) is 11.2. The Bertz CT molecular complexity index is 650. The minimum absolute atomic E-state index is 0.0127. The number of fused-ring (bicyclic) bond motifs is 2. The van der Waals surface area contributed by atoms with Crippen LogP contribution in [0.4, 0.5) is 16.4 Å². The van der Waals surface area contributed by atoms with E-state index in [-0.39, 0.29) is 23.4 Å². The van der Waals surface area contributed by atoms with Crippen LogP contribution in [-0.4, -0.2) is 33.7 Å². The van der Waals surface area contributed by atoms with E-state index in [4.69, 9.17) is 11.5 Å². The normalized spacial score (nSPS) is 25.6. The van der Waals surface area contributed by atoms with E-state index >= 15 is 0 Å². The van der Waals surface area contributed by atoms with Gasteiger partial charge in [0, 0.05) is 12.1 Å². The standard InChI is InChI=1S/C16H24N6O2S/c1-8(11-5-9-2-3-10(11)4-9)19-15(24)22-14(23)7-25-16-20-12(17)6-13(18)21-16/h6,8-11H,2-5,7H2,1H3,(H4,17,18,20,21)(H2,19,22,23,24). The molecule has 0 aromatic carbocycles. The number of nitrogens with zero attached hydrogens (tertiary/aromatic N) is 2. The molecule has 6 N–H and O–H groups in total. The number of nitrogens with two attached hydrogens (primary N) is 2. The lowest BCUT2D eigenvalue weighted by molar-refractivity contribution is -0.117. The van der Waals surface area contributed by atoms with Crippen molar-refractivity contribution >= 4 is 35.3 Å². The SMILES string of the molecule is CC(NC(=O)NC(=O)CSc1nc(N)cc(N)n1)C1CC2CCC1C2. The van der Waals surface area contributed by atoms with Gasteiger partial charge < -0.3 is 16.8 Å². The van der Waals surface area contributed by atoms with Crippen LogP contribution in [0.2, 0.25) is 0 Å². The highest BCUT2D eigenvalue weighted by Gasteiger charge is 2.42. The molecular formula is C16H24N6O2S. The Labute approximate surface area is 150 Å². The fraction of sp³-hybridized carbons (Fsp3) is 0.625. The summed E-state index contributed by atoms with van der Waals surface area (Å²) in [7, 11) is 0. The molecule has 2 aliphatic carbocycles. The predicted molar refractivity (Wildman–Crippen MR) is 96.7 cm³/mol. The van der Waals surface area contributed by atoms with Crippen LogP contribution >= 0.6 is 11.8 Å². The zero-order chi connectivity index (χ0) is 18.0. The Morgan fingerprint density at radius 3 is 2.60 bits per heavy atom. The lowest BCUT2D eigenvalue weighted by atomic mass is 9.84. The molecule has 0 aliphatic heterocycles. The highest BCUT2D eigenvalue weighted by molar-refractivity contribution is 7.99. The van der Waals surface area contributed by atoms with Gasteiger partial charge in [-0.2, -0.15) is 0 Å². The quantitative estimate of drug-likeness (QED) is 0.458. The summed E-state index contributed by atoms with van der Waals surface area (Å²) in [6.07, 6.45) is 5.07. The van der Waals surface area contributed by atoms with Gasteiger partial charge in [-0.3, -0.25) is 10.1 Å². The number of aromatic nitrogens is 2. The summed E-state index contributed by atoms with van der Waals surface area (Å²) < 4.78 is 0. The van der Waals surface area contributed by atoms with Gasteiger partial charge in [-0.15, -0.1) is 0 Å². The van der Waals surface area contributed by atoms with Gasteiger partial charge in [0.15, 0.2) is 5.16 Å². The van der Waals surface area contributed by atoms with E-state index in [0.717, 1.165) is 23.6 Å². The highest BCUT2D eigenvalue weighted by atomic mass is 32.2. The number of carbonyl (C=O) groups is 2. The van der Waals surface area contributed by atoms with Gasteiger partial charge in [-0.05, 0) is 43.9 Å². The first-order valence-electron chi connectivity index (χ1n) is 8.54. The van der Waals surface area contributed by atoms with Crippen LogP contribution < -0.4 is 22.1 Å². The molecule has 2 aliphatic rings. The molecular weight excluding hydrogens is 340 g/mol. The van der Waals surface area contributed by atoms with Gasteiger partial charge in [0.2, 0.25) is 5.91 Å². The number of anilines is 2. The Morgan fingerprint density at radius 1 is 1.28 bits per heavy atom. The van der Waals surface area contributed by atoms with Crippen molar-refractivity contribution in [3.05, 3.63) is 6.07 Å². The minimum Gasteiger partial charge on any atom is -0.383 e. The molecule has 1 aromatic heterocycles. The largest absolute Gasteiger partial charge is 0.383 e. The Hall–Kier alpha value is -2.03. The number of amides is 3. The summed E-state index contributed by atoms with van der Waals surface area (Å²) >= 11 is 1.08. The third-order valence-corrected chi connectivity index (χ3v) is 5.97. The molecule has 8 nitrogen and oxygen atoms in total. The third-order valence-electron chi connectivity index (χ3n) is 5.12. The highest BCUT2D eigenvalue weighted by Crippen LogP contribution is 2.49.